The van der Waals surface area contributed by atoms with Crippen molar-refractivity contribution in [3.8, 4) is 0 Å². The highest BCUT2D eigenvalue weighted by molar-refractivity contribution is 5.93. The third kappa shape index (κ3) is 9.24. The first-order valence-corrected chi connectivity index (χ1v) is 15.7. The van der Waals surface area contributed by atoms with Crippen molar-refractivity contribution in [3.63, 3.8) is 0 Å². The molecule has 8 nitrogen and oxygen atoms in total. The minimum atomic E-state index is -0.737. The summed E-state index contributed by atoms with van der Waals surface area (Å²) in [5.74, 6) is -0.788. The average Bonchev–Trinajstić information content (AvgIpc) is 3.04. The largest absolute Gasteiger partial charge is 0.351 e. The summed E-state index contributed by atoms with van der Waals surface area (Å²) in [5, 5.41) is 9.21. The van der Waals surface area contributed by atoms with Crippen LogP contribution in [0, 0.1) is 5.92 Å². The van der Waals surface area contributed by atoms with Gasteiger partial charge in [-0.2, -0.15) is 0 Å². The van der Waals surface area contributed by atoms with Gasteiger partial charge in [0.1, 0.15) is 12.1 Å². The SMILES string of the molecule is CN[C@@H](C)C(=O)N[C@H](C(=O)N1CCN(Cc2ccccc2)C[C@H]1C(=O)NC(Cc1ccccc1)Cc1ccccc1)C(C)C. The number of benzene rings is 3. The predicted molar refractivity (Wildman–Crippen MR) is 175 cm³/mol. The van der Waals surface area contributed by atoms with Crippen molar-refractivity contribution < 1.29 is 14.4 Å². The molecule has 3 amide bonds. The molecule has 1 heterocycles. The highest BCUT2D eigenvalue weighted by Crippen LogP contribution is 2.19. The van der Waals surface area contributed by atoms with Gasteiger partial charge in [-0.05, 0) is 49.4 Å². The summed E-state index contributed by atoms with van der Waals surface area (Å²) in [6.07, 6.45) is 1.34. The predicted octanol–water partition coefficient (Wildman–Crippen LogP) is 3.42. The minimum absolute atomic E-state index is 0.148. The molecule has 0 spiro atoms. The highest BCUT2D eigenvalue weighted by Gasteiger charge is 2.40. The number of likely N-dealkylation sites (N-methyl/N-ethyl adjacent to an activating group) is 1. The number of hydrogen-bond acceptors (Lipinski definition) is 5. The zero-order chi connectivity index (χ0) is 31.5. The molecule has 0 radical (unpaired) electrons. The van der Waals surface area contributed by atoms with E-state index in [0.29, 0.717) is 39.0 Å². The van der Waals surface area contributed by atoms with Crippen molar-refractivity contribution in [2.75, 3.05) is 26.7 Å². The molecular weight excluding hydrogens is 550 g/mol. The number of hydrogen-bond donors (Lipinski definition) is 3. The summed E-state index contributed by atoms with van der Waals surface area (Å²) < 4.78 is 0. The lowest BCUT2D eigenvalue weighted by molar-refractivity contribution is -0.148. The number of nitrogens with zero attached hydrogens (tertiary/aromatic N) is 2. The summed E-state index contributed by atoms with van der Waals surface area (Å²) in [7, 11) is 1.71. The van der Waals surface area contributed by atoms with Gasteiger partial charge in [-0.1, -0.05) is 105 Å². The van der Waals surface area contributed by atoms with E-state index in [4.69, 9.17) is 0 Å². The number of carbonyl (C=O) groups excluding carboxylic acids is 3. The lowest BCUT2D eigenvalue weighted by Gasteiger charge is -2.43. The second-order valence-electron chi connectivity index (χ2n) is 12.1. The summed E-state index contributed by atoms with van der Waals surface area (Å²) in [4.78, 5) is 45.1. The molecular formula is C36H47N5O3. The first-order valence-electron chi connectivity index (χ1n) is 15.7. The Morgan fingerprint density at radius 2 is 1.27 bits per heavy atom. The van der Waals surface area contributed by atoms with Crippen LogP contribution < -0.4 is 16.0 Å². The molecule has 0 saturated carbocycles. The van der Waals surface area contributed by atoms with Crippen LogP contribution in [0.1, 0.15) is 37.5 Å². The summed E-state index contributed by atoms with van der Waals surface area (Å²) in [6, 6.07) is 28.4. The number of piperazine rings is 1. The fourth-order valence-electron chi connectivity index (χ4n) is 5.68. The maximum atomic E-state index is 14.2. The van der Waals surface area contributed by atoms with Gasteiger partial charge in [-0.25, -0.2) is 0 Å². The molecule has 1 saturated heterocycles. The Morgan fingerprint density at radius 3 is 1.77 bits per heavy atom. The third-order valence-electron chi connectivity index (χ3n) is 8.35. The zero-order valence-electron chi connectivity index (χ0n) is 26.4. The fourth-order valence-corrected chi connectivity index (χ4v) is 5.68. The van der Waals surface area contributed by atoms with Gasteiger partial charge in [0, 0.05) is 32.2 Å². The highest BCUT2D eigenvalue weighted by atomic mass is 16.2. The molecule has 0 unspecified atom stereocenters. The number of rotatable bonds is 13. The first-order chi connectivity index (χ1) is 21.2. The molecule has 0 bridgehead atoms. The van der Waals surface area contributed by atoms with Crippen LogP contribution in [-0.4, -0.2) is 78.4 Å². The van der Waals surface area contributed by atoms with Crippen molar-refractivity contribution in [1.82, 2.24) is 25.8 Å². The zero-order valence-corrected chi connectivity index (χ0v) is 26.4. The molecule has 1 fully saturated rings. The van der Waals surface area contributed by atoms with Crippen molar-refractivity contribution in [2.45, 2.75) is 64.3 Å². The topological polar surface area (TPSA) is 93.8 Å². The smallest absolute Gasteiger partial charge is 0.246 e. The average molecular weight is 598 g/mol. The molecule has 1 aliphatic heterocycles. The maximum absolute atomic E-state index is 14.2. The minimum Gasteiger partial charge on any atom is -0.351 e. The summed E-state index contributed by atoms with van der Waals surface area (Å²) in [5.41, 5.74) is 3.43. The quantitative estimate of drug-likeness (QED) is 0.281. The van der Waals surface area contributed by atoms with Gasteiger partial charge >= 0.3 is 0 Å². The standard InChI is InChI=1S/C36H47N5O3/c1-26(2)33(39-34(42)27(3)37-4)36(44)41-21-20-40(24-30-18-12-7-13-19-30)25-32(41)35(43)38-31(22-28-14-8-5-9-15-28)23-29-16-10-6-11-17-29/h5-19,26-27,31-33,37H,20-25H2,1-4H3,(H,38,43)(H,39,42)/t27-,32-,33-/m0/s1. The maximum Gasteiger partial charge on any atom is 0.246 e. The van der Waals surface area contributed by atoms with E-state index in [-0.39, 0.29) is 29.7 Å². The van der Waals surface area contributed by atoms with E-state index in [9.17, 15) is 14.4 Å². The molecule has 8 heteroatoms. The van der Waals surface area contributed by atoms with Crippen molar-refractivity contribution in [3.05, 3.63) is 108 Å². The normalized spacial score (nSPS) is 16.9. The number of carbonyl (C=O) groups is 3. The van der Waals surface area contributed by atoms with E-state index in [1.54, 1.807) is 18.9 Å². The van der Waals surface area contributed by atoms with Crippen LogP contribution in [0.25, 0.3) is 0 Å². The lowest BCUT2D eigenvalue weighted by Crippen LogP contribution is -2.65. The fraction of sp³-hybridized carbons (Fsp3) is 0.417. The molecule has 3 aromatic rings. The van der Waals surface area contributed by atoms with E-state index in [1.165, 1.54) is 0 Å². The van der Waals surface area contributed by atoms with Gasteiger partial charge in [0.2, 0.25) is 17.7 Å². The van der Waals surface area contributed by atoms with Gasteiger partial charge in [0.05, 0.1) is 6.04 Å². The van der Waals surface area contributed by atoms with Crippen LogP contribution in [0.15, 0.2) is 91.0 Å². The van der Waals surface area contributed by atoms with Crippen molar-refractivity contribution >= 4 is 17.7 Å². The molecule has 0 aromatic heterocycles. The number of amides is 3. The van der Waals surface area contributed by atoms with Crippen LogP contribution in [0.2, 0.25) is 0 Å². The molecule has 0 aliphatic carbocycles. The molecule has 234 valence electrons. The van der Waals surface area contributed by atoms with Crippen molar-refractivity contribution in [1.29, 1.82) is 0 Å². The molecule has 3 atom stereocenters. The molecule has 4 rings (SSSR count). The Bertz CT molecular complexity index is 1290. The van der Waals surface area contributed by atoms with Crippen LogP contribution >= 0.6 is 0 Å². The Balaban J connectivity index is 1.59. The van der Waals surface area contributed by atoms with E-state index < -0.39 is 18.1 Å². The van der Waals surface area contributed by atoms with Gasteiger partial charge in [-0.3, -0.25) is 19.3 Å². The van der Waals surface area contributed by atoms with Gasteiger partial charge in [0.25, 0.3) is 0 Å². The number of nitrogens with one attached hydrogen (secondary N) is 3. The Kier molecular flexibility index (Phi) is 12.1. The van der Waals surface area contributed by atoms with Crippen molar-refractivity contribution in [2.24, 2.45) is 5.92 Å². The Morgan fingerprint density at radius 1 is 0.750 bits per heavy atom. The van der Waals surface area contributed by atoms with Crippen LogP contribution in [0.5, 0.6) is 0 Å². The molecule has 1 aliphatic rings. The molecule has 3 aromatic carbocycles. The van der Waals surface area contributed by atoms with E-state index in [0.717, 1.165) is 16.7 Å². The Hall–Kier alpha value is -4.01. The Labute approximate surface area is 262 Å². The van der Waals surface area contributed by atoms with E-state index in [2.05, 4.69) is 57.2 Å². The monoisotopic (exact) mass is 597 g/mol. The molecule has 3 N–H and O–H groups in total. The molecule has 44 heavy (non-hydrogen) atoms. The third-order valence-corrected chi connectivity index (χ3v) is 8.35. The first kappa shape index (κ1) is 32.9. The van der Waals surface area contributed by atoms with E-state index >= 15 is 0 Å². The second kappa shape index (κ2) is 16.2. The van der Waals surface area contributed by atoms with E-state index in [1.807, 2.05) is 68.4 Å². The van der Waals surface area contributed by atoms with Gasteiger partial charge < -0.3 is 20.9 Å². The summed E-state index contributed by atoms with van der Waals surface area (Å²) >= 11 is 0. The lowest BCUT2D eigenvalue weighted by atomic mass is 9.97. The van der Waals surface area contributed by atoms with Crippen LogP contribution in [0.3, 0.4) is 0 Å². The van der Waals surface area contributed by atoms with Crippen LogP contribution in [-0.2, 0) is 33.8 Å². The summed E-state index contributed by atoms with van der Waals surface area (Å²) in [6.45, 7) is 7.72. The van der Waals surface area contributed by atoms with Gasteiger partial charge in [-0.15, -0.1) is 0 Å². The second-order valence-corrected chi connectivity index (χ2v) is 12.1. The van der Waals surface area contributed by atoms with Crippen LogP contribution in [0.4, 0.5) is 0 Å². The van der Waals surface area contributed by atoms with Gasteiger partial charge in [0.15, 0.2) is 0 Å².